The molecule has 0 bridgehead atoms. The monoisotopic (exact) mass is 770 g/mol. The first kappa shape index (κ1) is 39.3. The van der Waals surface area contributed by atoms with Crippen molar-refractivity contribution >= 4 is 11.6 Å². The van der Waals surface area contributed by atoms with E-state index in [4.69, 9.17) is 40.0 Å². The summed E-state index contributed by atoms with van der Waals surface area (Å²) >= 11 is 6.86. The highest BCUT2D eigenvalue weighted by Crippen LogP contribution is 2.40. The van der Waals surface area contributed by atoms with Crippen molar-refractivity contribution in [1.82, 2.24) is 10.2 Å². The number of hydrogen-bond donors (Lipinski definition) is 0. The average molecular weight is 771 g/mol. The molecule has 6 aromatic rings. The molecular formula is C47H47ClN2O6. The minimum absolute atomic E-state index is 0.268. The Kier molecular flexibility index (Phi) is 14.2. The Morgan fingerprint density at radius 1 is 0.571 bits per heavy atom. The van der Waals surface area contributed by atoms with Gasteiger partial charge in [0, 0.05) is 17.5 Å². The first-order valence-corrected chi connectivity index (χ1v) is 19.5. The van der Waals surface area contributed by atoms with Gasteiger partial charge in [-0.25, -0.2) is 0 Å². The SMILES string of the molecule is CCOc1ccc(Cc2cc(C3O[C@H](COCc4ccccc4)[C@@H](OCc4ccccc4)[C@H](OCc4ccccc4)[C@H]3OCc3ccccc3)ccc2Cl)nn1. The van der Waals surface area contributed by atoms with Crippen LogP contribution in [0.2, 0.25) is 5.02 Å². The summed E-state index contributed by atoms with van der Waals surface area (Å²) in [6.07, 6.45) is -2.29. The molecular weight excluding hydrogens is 724 g/mol. The number of benzene rings is 5. The van der Waals surface area contributed by atoms with Crippen LogP contribution in [0.4, 0.5) is 0 Å². The number of halogens is 1. The molecule has 9 heteroatoms. The molecule has 1 aromatic heterocycles. The third-order valence-electron chi connectivity index (χ3n) is 9.64. The van der Waals surface area contributed by atoms with Crippen LogP contribution in [0.1, 0.15) is 52.1 Å². The lowest BCUT2D eigenvalue weighted by Gasteiger charge is -2.46. The van der Waals surface area contributed by atoms with E-state index in [9.17, 15) is 0 Å². The molecule has 0 spiro atoms. The van der Waals surface area contributed by atoms with Crippen molar-refractivity contribution in [1.29, 1.82) is 0 Å². The fourth-order valence-corrected chi connectivity index (χ4v) is 7.01. The Labute approximate surface area is 334 Å². The van der Waals surface area contributed by atoms with Crippen LogP contribution in [0, 0.1) is 0 Å². The highest BCUT2D eigenvalue weighted by molar-refractivity contribution is 6.31. The van der Waals surface area contributed by atoms with E-state index in [1.807, 2.05) is 104 Å². The van der Waals surface area contributed by atoms with Gasteiger partial charge in [0.25, 0.3) is 0 Å². The van der Waals surface area contributed by atoms with Gasteiger partial charge in [0.1, 0.15) is 30.5 Å². The molecule has 5 atom stereocenters. The first-order chi connectivity index (χ1) is 27.6. The molecule has 288 valence electrons. The third-order valence-corrected chi connectivity index (χ3v) is 10.0. The maximum atomic E-state index is 7.14. The Balaban J connectivity index is 1.25. The van der Waals surface area contributed by atoms with Gasteiger partial charge in [-0.2, -0.15) is 5.10 Å². The molecule has 56 heavy (non-hydrogen) atoms. The van der Waals surface area contributed by atoms with Crippen molar-refractivity contribution in [3.8, 4) is 5.88 Å². The van der Waals surface area contributed by atoms with Crippen molar-refractivity contribution in [2.75, 3.05) is 13.2 Å². The lowest BCUT2D eigenvalue weighted by Crippen LogP contribution is -2.58. The number of aromatic nitrogens is 2. The minimum Gasteiger partial charge on any atom is -0.477 e. The Bertz CT molecular complexity index is 2040. The van der Waals surface area contributed by atoms with E-state index in [1.54, 1.807) is 0 Å². The third kappa shape index (κ3) is 10.9. The molecule has 8 nitrogen and oxygen atoms in total. The van der Waals surface area contributed by atoms with Gasteiger partial charge in [0.2, 0.25) is 5.88 Å². The van der Waals surface area contributed by atoms with E-state index in [0.29, 0.717) is 50.4 Å². The topological polar surface area (TPSA) is 81.2 Å². The van der Waals surface area contributed by atoms with Crippen LogP contribution < -0.4 is 4.74 Å². The van der Waals surface area contributed by atoms with E-state index >= 15 is 0 Å². The molecule has 0 saturated carbocycles. The standard InChI is InChI=1S/C47H47ClN2O6/c1-2-52-43-26-24-40(49-50-43)28-39-27-38(23-25-41(39)48)44-46(54-31-36-19-11-5-12-20-36)47(55-32-37-21-13-6-14-22-37)45(53-30-35-17-9-4-10-18-35)42(56-44)33-51-29-34-15-7-3-8-16-34/h3-27,42,44-47H,2,28-33H2,1H3/t42-,44?,45-,46+,47+/m1/s1. The molecule has 1 saturated heterocycles. The Morgan fingerprint density at radius 3 is 1.64 bits per heavy atom. The molecule has 0 amide bonds. The van der Waals surface area contributed by atoms with Crippen LogP contribution in [0.3, 0.4) is 0 Å². The zero-order valence-corrected chi connectivity index (χ0v) is 32.2. The van der Waals surface area contributed by atoms with Gasteiger partial charge >= 0.3 is 0 Å². The summed E-state index contributed by atoms with van der Waals surface area (Å²) < 4.78 is 39.8. The van der Waals surface area contributed by atoms with Gasteiger partial charge in [-0.3, -0.25) is 0 Å². The number of rotatable bonds is 18. The molecule has 1 aliphatic heterocycles. The summed E-state index contributed by atoms with van der Waals surface area (Å²) in [5.41, 5.74) is 6.73. The van der Waals surface area contributed by atoms with Crippen LogP contribution in [0.25, 0.3) is 0 Å². The first-order valence-electron chi connectivity index (χ1n) is 19.1. The maximum absolute atomic E-state index is 7.14. The molecule has 2 heterocycles. The van der Waals surface area contributed by atoms with E-state index < -0.39 is 30.5 Å². The predicted octanol–water partition coefficient (Wildman–Crippen LogP) is 9.53. The van der Waals surface area contributed by atoms with Crippen LogP contribution in [0.15, 0.2) is 152 Å². The van der Waals surface area contributed by atoms with Crippen LogP contribution in [-0.2, 0) is 56.5 Å². The fourth-order valence-electron chi connectivity index (χ4n) is 6.83. The maximum Gasteiger partial charge on any atom is 0.233 e. The molecule has 0 aliphatic carbocycles. The summed E-state index contributed by atoms with van der Waals surface area (Å²) in [5, 5.41) is 9.25. The number of ether oxygens (including phenoxy) is 6. The summed E-state index contributed by atoms with van der Waals surface area (Å²) in [4.78, 5) is 0. The van der Waals surface area contributed by atoms with Gasteiger partial charge in [-0.1, -0.05) is 145 Å². The second-order valence-corrected chi connectivity index (χ2v) is 14.1. The van der Waals surface area contributed by atoms with Crippen molar-refractivity contribution in [2.45, 2.75) is 70.3 Å². The minimum atomic E-state index is -0.579. The van der Waals surface area contributed by atoms with Crippen LogP contribution in [-0.4, -0.2) is 47.8 Å². The van der Waals surface area contributed by atoms with Gasteiger partial charge in [0.15, 0.2) is 0 Å². The van der Waals surface area contributed by atoms with Gasteiger partial charge in [0.05, 0.1) is 45.3 Å². The highest BCUT2D eigenvalue weighted by Gasteiger charge is 2.49. The quantitative estimate of drug-likeness (QED) is 0.0856. The highest BCUT2D eigenvalue weighted by atomic mass is 35.5. The van der Waals surface area contributed by atoms with E-state index in [2.05, 4.69) is 64.8 Å². The van der Waals surface area contributed by atoms with Gasteiger partial charge in [-0.15, -0.1) is 5.10 Å². The molecule has 1 aliphatic rings. The zero-order chi connectivity index (χ0) is 38.4. The molecule has 1 unspecified atom stereocenters. The molecule has 1 fully saturated rings. The van der Waals surface area contributed by atoms with E-state index in [-0.39, 0.29) is 6.61 Å². The molecule has 7 rings (SSSR count). The lowest BCUT2D eigenvalue weighted by atomic mass is 9.89. The Morgan fingerprint density at radius 2 is 1.11 bits per heavy atom. The van der Waals surface area contributed by atoms with Crippen LogP contribution in [0.5, 0.6) is 5.88 Å². The summed E-state index contributed by atoms with van der Waals surface area (Å²) in [6.45, 7) is 4.19. The van der Waals surface area contributed by atoms with Crippen molar-refractivity contribution in [3.05, 3.63) is 196 Å². The predicted molar refractivity (Wildman–Crippen MR) is 216 cm³/mol. The molecule has 5 aromatic carbocycles. The Hall–Kier alpha value is -4.93. The number of nitrogens with zero attached hydrogens (tertiary/aromatic N) is 2. The van der Waals surface area contributed by atoms with Crippen molar-refractivity contribution < 1.29 is 28.4 Å². The molecule has 0 N–H and O–H groups in total. The van der Waals surface area contributed by atoms with Crippen LogP contribution >= 0.6 is 11.6 Å². The van der Waals surface area contributed by atoms with E-state index in [1.165, 1.54) is 0 Å². The summed E-state index contributed by atoms with van der Waals surface area (Å²) in [7, 11) is 0. The zero-order valence-electron chi connectivity index (χ0n) is 31.5. The summed E-state index contributed by atoms with van der Waals surface area (Å²) in [5.74, 6) is 0.483. The van der Waals surface area contributed by atoms with Crippen molar-refractivity contribution in [3.63, 3.8) is 0 Å². The number of hydrogen-bond acceptors (Lipinski definition) is 8. The second kappa shape index (κ2) is 20.3. The second-order valence-electron chi connectivity index (χ2n) is 13.7. The fraction of sp³-hybridized carbons (Fsp3) is 0.277. The smallest absolute Gasteiger partial charge is 0.233 e. The van der Waals surface area contributed by atoms with E-state index in [0.717, 1.165) is 39.1 Å². The summed E-state index contributed by atoms with van der Waals surface area (Å²) in [6, 6.07) is 50.3. The lowest BCUT2D eigenvalue weighted by molar-refractivity contribution is -0.275. The van der Waals surface area contributed by atoms with Gasteiger partial charge < -0.3 is 28.4 Å². The van der Waals surface area contributed by atoms with Gasteiger partial charge in [-0.05, 0) is 52.4 Å². The molecule has 0 radical (unpaired) electrons. The van der Waals surface area contributed by atoms with Crippen molar-refractivity contribution in [2.24, 2.45) is 0 Å². The average Bonchev–Trinajstić information content (AvgIpc) is 3.25. The largest absolute Gasteiger partial charge is 0.477 e. The normalized spacial score (nSPS) is 19.4.